The Hall–Kier alpha value is -2.77. The second-order valence-electron chi connectivity index (χ2n) is 5.33. The molecule has 0 aliphatic carbocycles. The van der Waals surface area contributed by atoms with Crippen LogP contribution in [0.2, 0.25) is 5.02 Å². The van der Waals surface area contributed by atoms with Crippen LogP contribution in [0, 0.1) is 0 Å². The minimum absolute atomic E-state index is 0.429. The van der Waals surface area contributed by atoms with Crippen LogP contribution in [0.1, 0.15) is 5.56 Å². The summed E-state index contributed by atoms with van der Waals surface area (Å²) in [5.74, 6) is 1.01. The highest BCUT2D eigenvalue weighted by Gasteiger charge is 2.47. The van der Waals surface area contributed by atoms with E-state index in [1.54, 1.807) is 42.1 Å². The molecular weight excluding hydrogens is 318 g/mol. The lowest BCUT2D eigenvalue weighted by Gasteiger charge is -2.26. The van der Waals surface area contributed by atoms with Gasteiger partial charge in [-0.2, -0.15) is 4.79 Å². The van der Waals surface area contributed by atoms with Crippen LogP contribution in [0.3, 0.4) is 0 Å². The fraction of sp³-hybridized carbons (Fsp3) is 0.0667. The average Bonchev–Trinajstić information content (AvgIpc) is 3.11. The molecule has 1 amide bonds. The Bertz CT molecular complexity index is 951. The van der Waals surface area contributed by atoms with E-state index in [2.05, 4.69) is 15.0 Å². The highest BCUT2D eigenvalue weighted by Crippen LogP contribution is 2.44. The van der Waals surface area contributed by atoms with Gasteiger partial charge in [-0.25, -0.2) is 15.0 Å². The summed E-state index contributed by atoms with van der Waals surface area (Å²) < 4.78 is 1.21. The zero-order valence-corrected chi connectivity index (χ0v) is 12.8. The maximum absolute atomic E-state index is 12.0. The number of amides is 1. The van der Waals surface area contributed by atoms with Gasteiger partial charge in [-0.15, -0.1) is 4.48 Å². The molecule has 23 heavy (non-hydrogen) atoms. The third kappa shape index (κ3) is 1.81. The summed E-state index contributed by atoms with van der Waals surface area (Å²) >= 11 is 6.24. The first-order valence-corrected chi connectivity index (χ1v) is 7.16. The molecule has 1 unspecified atom stereocenters. The third-order valence-electron chi connectivity index (χ3n) is 4.06. The first-order valence-electron chi connectivity index (χ1n) is 6.78. The summed E-state index contributed by atoms with van der Waals surface area (Å²) in [5.41, 5.74) is 1.88. The summed E-state index contributed by atoms with van der Waals surface area (Å²) in [5, 5.41) is 10.3. The quantitative estimate of drug-likeness (QED) is 0.694. The number of rotatable bonds is 1. The second-order valence-corrected chi connectivity index (χ2v) is 5.73. The Kier molecular flexibility index (Phi) is 2.78. The van der Waals surface area contributed by atoms with Crippen LogP contribution in [0.15, 0.2) is 37.1 Å². The number of hydrogen-bond acceptors (Lipinski definition) is 4. The van der Waals surface area contributed by atoms with E-state index in [1.165, 1.54) is 12.7 Å². The second kappa shape index (κ2) is 4.61. The molecule has 3 heterocycles. The fourth-order valence-electron chi connectivity index (χ4n) is 2.81. The topological polar surface area (TPSA) is 80.9 Å². The van der Waals surface area contributed by atoms with E-state index < -0.39 is 10.6 Å². The fourth-order valence-corrected chi connectivity index (χ4v) is 3.04. The molecule has 114 valence electrons. The van der Waals surface area contributed by atoms with Crippen LogP contribution >= 0.6 is 11.6 Å². The van der Waals surface area contributed by atoms with Crippen LogP contribution in [0.25, 0.3) is 23.4 Å². The number of benzene rings is 1. The number of fused-ring (bicyclic) bond motifs is 2. The van der Waals surface area contributed by atoms with Crippen LogP contribution in [0.4, 0.5) is 10.5 Å². The summed E-state index contributed by atoms with van der Waals surface area (Å²) in [6, 6.07) is 5.24. The molecule has 1 atom stereocenters. The van der Waals surface area contributed by atoms with Gasteiger partial charge in [0.1, 0.15) is 18.3 Å². The van der Waals surface area contributed by atoms with Crippen molar-refractivity contribution in [2.75, 3.05) is 7.05 Å². The predicted octanol–water partition coefficient (Wildman–Crippen LogP) is 3.02. The van der Waals surface area contributed by atoms with Gasteiger partial charge in [0.25, 0.3) is 0 Å². The zero-order valence-electron chi connectivity index (χ0n) is 12.0. The molecule has 1 aromatic carbocycles. The molecule has 8 heteroatoms. The molecule has 1 aromatic rings. The lowest BCUT2D eigenvalue weighted by molar-refractivity contribution is 0.172. The number of aromatic nitrogens is 4. The lowest BCUT2D eigenvalue weighted by Crippen LogP contribution is -2.47. The van der Waals surface area contributed by atoms with Crippen molar-refractivity contribution in [3.63, 3.8) is 0 Å². The minimum atomic E-state index is -1.02. The smallest absolute Gasteiger partial charge is 0.435 e. The van der Waals surface area contributed by atoms with Crippen molar-refractivity contribution in [1.82, 2.24) is 24.0 Å². The Morgan fingerprint density at radius 1 is 1.30 bits per heavy atom. The molecule has 3 aliphatic heterocycles. The first kappa shape index (κ1) is 13.9. The molecule has 0 fully saturated rings. The van der Waals surface area contributed by atoms with Gasteiger partial charge in [-0.1, -0.05) is 17.7 Å². The summed E-state index contributed by atoms with van der Waals surface area (Å²) in [6.07, 6.45) is 5.40. The molecule has 0 radical (unpaired) electrons. The van der Waals surface area contributed by atoms with Gasteiger partial charge in [0.2, 0.25) is 5.82 Å². The first-order chi connectivity index (χ1) is 11.0. The Balaban J connectivity index is 1.98. The van der Waals surface area contributed by atoms with E-state index in [-0.39, 0.29) is 0 Å². The molecular formula is C15H11ClN5O2+. The van der Waals surface area contributed by atoms with Gasteiger partial charge in [-0.3, -0.25) is 4.57 Å². The normalized spacial score (nSPS) is 19.7. The lowest BCUT2D eigenvalue weighted by atomic mass is 10.2. The summed E-state index contributed by atoms with van der Waals surface area (Å²) in [4.78, 5) is 24.4. The largest absolute Gasteiger partial charge is 0.525 e. The molecule has 3 aliphatic rings. The maximum atomic E-state index is 12.0. The van der Waals surface area contributed by atoms with E-state index in [4.69, 9.17) is 11.6 Å². The SMILES string of the molecule is C[N+]1(C(=O)O)C(n2cnc3ncnc-3c2)=Cc2c(Cl)cccc21. The Morgan fingerprint density at radius 3 is 2.91 bits per heavy atom. The predicted molar refractivity (Wildman–Crippen MR) is 85.8 cm³/mol. The van der Waals surface area contributed by atoms with Crippen molar-refractivity contribution >= 4 is 35.3 Å². The number of quaternary nitrogens is 1. The van der Waals surface area contributed by atoms with Gasteiger partial charge in [0, 0.05) is 18.3 Å². The van der Waals surface area contributed by atoms with Crippen LogP contribution < -0.4 is 4.48 Å². The molecule has 0 spiro atoms. The molecule has 0 saturated carbocycles. The number of nitrogens with zero attached hydrogens (tertiary/aromatic N) is 5. The monoisotopic (exact) mass is 328 g/mol. The van der Waals surface area contributed by atoms with Crippen molar-refractivity contribution in [2.45, 2.75) is 0 Å². The number of imidazole rings is 1. The van der Waals surface area contributed by atoms with Gasteiger partial charge in [0.05, 0.1) is 17.6 Å². The van der Waals surface area contributed by atoms with Crippen molar-refractivity contribution in [2.24, 2.45) is 0 Å². The van der Waals surface area contributed by atoms with Gasteiger partial charge < -0.3 is 5.11 Å². The van der Waals surface area contributed by atoms with E-state index >= 15 is 0 Å². The summed E-state index contributed by atoms with van der Waals surface area (Å²) in [7, 11) is 1.60. The number of carbonyl (C=O) groups is 1. The highest BCUT2D eigenvalue weighted by atomic mass is 35.5. The van der Waals surface area contributed by atoms with E-state index in [0.29, 0.717) is 33.6 Å². The maximum Gasteiger partial charge on any atom is 0.525 e. The van der Waals surface area contributed by atoms with Crippen LogP contribution in [-0.2, 0) is 0 Å². The van der Waals surface area contributed by atoms with Gasteiger partial charge >= 0.3 is 6.09 Å². The minimum Gasteiger partial charge on any atom is -0.435 e. The highest BCUT2D eigenvalue weighted by molar-refractivity contribution is 6.33. The Labute approximate surface area is 136 Å². The van der Waals surface area contributed by atoms with E-state index in [0.717, 1.165) is 0 Å². The molecule has 0 bridgehead atoms. The van der Waals surface area contributed by atoms with Crippen molar-refractivity contribution in [3.8, 4) is 11.5 Å². The van der Waals surface area contributed by atoms with E-state index in [1.807, 2.05) is 0 Å². The van der Waals surface area contributed by atoms with Crippen LogP contribution in [0.5, 0.6) is 0 Å². The van der Waals surface area contributed by atoms with Gasteiger partial charge in [0.15, 0.2) is 11.5 Å². The van der Waals surface area contributed by atoms with E-state index in [9.17, 15) is 9.90 Å². The molecule has 1 N–H and O–H groups in total. The van der Waals surface area contributed by atoms with Crippen molar-refractivity contribution in [1.29, 1.82) is 0 Å². The van der Waals surface area contributed by atoms with Crippen molar-refractivity contribution < 1.29 is 9.90 Å². The Morgan fingerprint density at radius 2 is 2.13 bits per heavy atom. The summed E-state index contributed by atoms with van der Waals surface area (Å²) in [6.45, 7) is 0. The number of halogens is 1. The molecule has 0 aromatic heterocycles. The number of carboxylic acid groups (broad SMARTS) is 1. The van der Waals surface area contributed by atoms with Gasteiger partial charge in [-0.05, 0) is 6.07 Å². The number of hydrogen-bond donors (Lipinski definition) is 1. The molecule has 0 saturated heterocycles. The average molecular weight is 329 g/mol. The zero-order chi connectivity index (χ0) is 16.2. The standard InChI is InChI=1S/C15H10ClN5O2/c1-21(15(22)23)12-4-2-3-10(16)9(12)5-13(21)20-6-11-14(19-8-20)18-7-17-11/h2-8H,1H3/p+1. The third-order valence-corrected chi connectivity index (χ3v) is 4.39. The molecule has 7 nitrogen and oxygen atoms in total. The van der Waals surface area contributed by atoms with Crippen LogP contribution in [-0.4, -0.2) is 37.8 Å². The van der Waals surface area contributed by atoms with Crippen molar-refractivity contribution in [3.05, 3.63) is 47.6 Å². The molecule has 4 rings (SSSR count).